The van der Waals surface area contributed by atoms with Crippen molar-refractivity contribution in [3.8, 4) is 0 Å². The van der Waals surface area contributed by atoms with Gasteiger partial charge < -0.3 is 9.97 Å². The van der Waals surface area contributed by atoms with Crippen LogP contribution in [0.2, 0.25) is 5.15 Å². The molecule has 0 fully saturated rings. The van der Waals surface area contributed by atoms with Crippen LogP contribution in [-0.2, 0) is 39.0 Å². The zero-order valence-electron chi connectivity index (χ0n) is 20.9. The van der Waals surface area contributed by atoms with Crippen molar-refractivity contribution >= 4 is 11.6 Å². The van der Waals surface area contributed by atoms with E-state index in [0.717, 1.165) is 49.6 Å². The molecule has 0 saturated carbocycles. The second-order valence-corrected chi connectivity index (χ2v) is 9.91. The summed E-state index contributed by atoms with van der Waals surface area (Å²) >= 11 is 6.01. The lowest BCUT2D eigenvalue weighted by molar-refractivity contribution is 0.240. The van der Waals surface area contributed by atoms with Gasteiger partial charge in [0.2, 0.25) is 0 Å². The lowest BCUT2D eigenvalue weighted by atomic mass is 10.1. The third-order valence-corrected chi connectivity index (χ3v) is 7.13. The van der Waals surface area contributed by atoms with Gasteiger partial charge in [-0.05, 0) is 24.0 Å². The van der Waals surface area contributed by atoms with Crippen molar-refractivity contribution in [2.45, 2.75) is 39.0 Å². The number of H-pyrrole nitrogens is 3. The topological polar surface area (TPSA) is 118 Å². The molecule has 3 N–H and O–H groups in total. The number of rotatable bonds is 4. The summed E-state index contributed by atoms with van der Waals surface area (Å²) in [5.74, 6) is 0. The van der Waals surface area contributed by atoms with Crippen molar-refractivity contribution in [2.75, 3.05) is 13.1 Å². The first-order chi connectivity index (χ1) is 18.4. The van der Waals surface area contributed by atoms with E-state index in [4.69, 9.17) is 11.6 Å². The Hall–Kier alpha value is -3.79. The van der Waals surface area contributed by atoms with Gasteiger partial charge in [0, 0.05) is 61.8 Å². The second kappa shape index (κ2) is 11.7. The van der Waals surface area contributed by atoms with Gasteiger partial charge in [0.25, 0.3) is 5.56 Å². The predicted octanol–water partition coefficient (Wildman–Crippen LogP) is 2.60. The molecule has 4 aromatic rings. The van der Waals surface area contributed by atoms with E-state index in [0.29, 0.717) is 30.2 Å². The summed E-state index contributed by atoms with van der Waals surface area (Å²) in [6, 6.07) is 20.5. The fraction of sp³-hybridized carbons (Fsp3) is 0.286. The summed E-state index contributed by atoms with van der Waals surface area (Å²) in [4.78, 5) is 50.4. The van der Waals surface area contributed by atoms with E-state index in [-0.39, 0.29) is 11.2 Å². The van der Waals surface area contributed by atoms with Crippen LogP contribution in [0.25, 0.3) is 0 Å². The molecule has 2 aliphatic heterocycles. The van der Waals surface area contributed by atoms with Crippen LogP contribution in [0.15, 0.2) is 75.0 Å². The highest BCUT2D eigenvalue weighted by Crippen LogP contribution is 2.22. The SMILES string of the molecule is O=c1[nH]c2c(c(=O)[nH]1)CCN(Cc1ccccc1)C2.O=c1nc(Cl)c2c([nH]1)CN(Cc1ccccc1)CC2. The van der Waals surface area contributed by atoms with E-state index < -0.39 is 5.69 Å². The smallest absolute Gasteiger partial charge is 0.310 e. The summed E-state index contributed by atoms with van der Waals surface area (Å²) in [5, 5.41) is 0.345. The molecule has 0 spiro atoms. The van der Waals surface area contributed by atoms with Crippen molar-refractivity contribution in [1.82, 2.24) is 29.7 Å². The number of nitrogens with one attached hydrogen (secondary N) is 3. The maximum atomic E-state index is 11.7. The molecule has 9 nitrogen and oxygen atoms in total. The van der Waals surface area contributed by atoms with Crippen LogP contribution in [0.5, 0.6) is 0 Å². The quantitative estimate of drug-likeness (QED) is 0.348. The molecule has 196 valence electrons. The van der Waals surface area contributed by atoms with Crippen LogP contribution in [0.3, 0.4) is 0 Å². The molecule has 0 saturated heterocycles. The van der Waals surface area contributed by atoms with Gasteiger partial charge in [-0.2, -0.15) is 4.98 Å². The van der Waals surface area contributed by atoms with Gasteiger partial charge in [0.05, 0.1) is 0 Å². The number of hydrogen-bond acceptors (Lipinski definition) is 6. The van der Waals surface area contributed by atoms with Crippen LogP contribution >= 0.6 is 11.6 Å². The Kier molecular flexibility index (Phi) is 7.97. The lowest BCUT2D eigenvalue weighted by Crippen LogP contribution is -2.38. The molecule has 0 aliphatic carbocycles. The van der Waals surface area contributed by atoms with Gasteiger partial charge in [0.1, 0.15) is 5.15 Å². The first-order valence-electron chi connectivity index (χ1n) is 12.6. The van der Waals surface area contributed by atoms with Crippen LogP contribution in [0, 0.1) is 0 Å². The van der Waals surface area contributed by atoms with Gasteiger partial charge >= 0.3 is 11.4 Å². The predicted molar refractivity (Wildman–Crippen MR) is 146 cm³/mol. The number of benzene rings is 2. The zero-order valence-corrected chi connectivity index (χ0v) is 21.6. The minimum atomic E-state index is -0.426. The highest BCUT2D eigenvalue weighted by atomic mass is 35.5. The molecule has 2 aromatic carbocycles. The lowest BCUT2D eigenvalue weighted by Gasteiger charge is -2.28. The van der Waals surface area contributed by atoms with Crippen LogP contribution < -0.4 is 16.9 Å². The highest BCUT2D eigenvalue weighted by Gasteiger charge is 2.21. The number of aromatic nitrogens is 4. The maximum Gasteiger partial charge on any atom is 0.346 e. The Morgan fingerprint density at radius 2 is 1.24 bits per heavy atom. The summed E-state index contributed by atoms with van der Waals surface area (Å²) in [5.41, 5.74) is 4.79. The number of aromatic amines is 3. The van der Waals surface area contributed by atoms with Gasteiger partial charge in [-0.1, -0.05) is 72.3 Å². The van der Waals surface area contributed by atoms with Crippen molar-refractivity contribution < 1.29 is 0 Å². The van der Waals surface area contributed by atoms with Crippen molar-refractivity contribution in [3.05, 3.63) is 131 Å². The molecule has 0 unspecified atom stereocenters. The Morgan fingerprint density at radius 1 is 0.711 bits per heavy atom. The maximum absolute atomic E-state index is 11.7. The molecule has 10 heteroatoms. The fourth-order valence-corrected chi connectivity index (χ4v) is 5.24. The van der Waals surface area contributed by atoms with E-state index in [2.05, 4.69) is 54.0 Å². The Labute approximate surface area is 224 Å². The molecule has 0 bridgehead atoms. The summed E-state index contributed by atoms with van der Waals surface area (Å²) in [6.45, 7) is 4.79. The van der Waals surface area contributed by atoms with Crippen molar-refractivity contribution in [3.63, 3.8) is 0 Å². The second-order valence-electron chi connectivity index (χ2n) is 9.55. The number of fused-ring (bicyclic) bond motifs is 2. The summed E-state index contributed by atoms with van der Waals surface area (Å²) in [6.07, 6.45) is 1.50. The third-order valence-electron chi connectivity index (χ3n) is 6.82. The van der Waals surface area contributed by atoms with Crippen LogP contribution in [0.1, 0.15) is 33.6 Å². The Balaban J connectivity index is 0.000000155. The number of hydrogen-bond donors (Lipinski definition) is 3. The highest BCUT2D eigenvalue weighted by molar-refractivity contribution is 6.30. The largest absolute Gasteiger partial charge is 0.346 e. The third kappa shape index (κ3) is 6.36. The Morgan fingerprint density at radius 3 is 1.82 bits per heavy atom. The van der Waals surface area contributed by atoms with E-state index in [1.54, 1.807) is 0 Å². The Bertz CT molecular complexity index is 1570. The first-order valence-corrected chi connectivity index (χ1v) is 13.0. The van der Waals surface area contributed by atoms with Crippen LogP contribution in [0.4, 0.5) is 0 Å². The summed E-state index contributed by atoms with van der Waals surface area (Å²) < 4.78 is 0. The van der Waals surface area contributed by atoms with Gasteiger partial charge in [-0.25, -0.2) is 9.59 Å². The van der Waals surface area contributed by atoms with Crippen molar-refractivity contribution in [1.29, 1.82) is 0 Å². The van der Waals surface area contributed by atoms with Gasteiger partial charge in [-0.3, -0.25) is 19.6 Å². The minimum Gasteiger partial charge on any atom is -0.310 e. The average molecular weight is 533 g/mol. The molecular formula is C28H29ClN6O3. The number of nitrogens with zero attached hydrogens (tertiary/aromatic N) is 3. The fourth-order valence-electron chi connectivity index (χ4n) is 4.96. The number of halogens is 1. The standard InChI is InChI=1S/C14H14ClN3O.C14H15N3O2/c15-13-11-6-7-18(8-10-4-2-1-3-5-10)9-12(11)16-14(19)17-13;18-13-11-6-7-17(8-10-4-2-1-3-5-10)9-12(11)15-14(19)16-13/h1-5H,6-9H2,(H,16,17,19);1-5H,6-9H2,(H2,15,16,18,19). The van der Waals surface area contributed by atoms with Crippen LogP contribution in [-0.4, -0.2) is 42.8 Å². The average Bonchev–Trinajstić information content (AvgIpc) is 2.90. The molecule has 2 aliphatic rings. The van der Waals surface area contributed by atoms with E-state index in [1.807, 2.05) is 36.4 Å². The van der Waals surface area contributed by atoms with Gasteiger partial charge in [-0.15, -0.1) is 0 Å². The van der Waals surface area contributed by atoms with E-state index in [9.17, 15) is 14.4 Å². The monoisotopic (exact) mass is 532 g/mol. The zero-order chi connectivity index (χ0) is 26.5. The summed E-state index contributed by atoms with van der Waals surface area (Å²) in [7, 11) is 0. The van der Waals surface area contributed by atoms with E-state index >= 15 is 0 Å². The molecule has 2 aromatic heterocycles. The van der Waals surface area contributed by atoms with E-state index in [1.165, 1.54) is 11.1 Å². The molecule has 4 heterocycles. The molecule has 38 heavy (non-hydrogen) atoms. The first kappa shape index (κ1) is 25.8. The molecule has 0 amide bonds. The van der Waals surface area contributed by atoms with Gasteiger partial charge in [0.15, 0.2) is 0 Å². The minimum absolute atomic E-state index is 0.252. The molecule has 6 rings (SSSR count). The molecular weight excluding hydrogens is 504 g/mol. The van der Waals surface area contributed by atoms with Crippen molar-refractivity contribution in [2.24, 2.45) is 0 Å². The normalized spacial score (nSPS) is 15.2. The molecule has 0 radical (unpaired) electrons. The molecule has 0 atom stereocenters.